The monoisotopic (exact) mass is 261 g/mol. The van der Waals surface area contributed by atoms with Gasteiger partial charge in [0.15, 0.2) is 0 Å². The van der Waals surface area contributed by atoms with E-state index in [1.54, 1.807) is 0 Å². The van der Waals surface area contributed by atoms with Gasteiger partial charge in [-0.3, -0.25) is 8.42 Å². The Labute approximate surface area is 80.5 Å². The molecule has 0 aromatic rings. The summed E-state index contributed by atoms with van der Waals surface area (Å²) in [6, 6.07) is 0. The van der Waals surface area contributed by atoms with Crippen LogP contribution in [0.4, 0.5) is 0 Å². The average molecular weight is 261 g/mol. The molecule has 0 aromatic heterocycles. The van der Waals surface area contributed by atoms with Crippen molar-refractivity contribution in [3.05, 3.63) is 0 Å². The van der Waals surface area contributed by atoms with E-state index in [-0.39, 0.29) is 52.7 Å². The van der Waals surface area contributed by atoms with Crippen molar-refractivity contribution in [2.75, 3.05) is 0 Å². The first kappa shape index (κ1) is 32.0. The van der Waals surface area contributed by atoms with Crippen LogP contribution in [0.25, 0.3) is 0 Å². The van der Waals surface area contributed by atoms with E-state index in [0.29, 0.717) is 0 Å². The Bertz CT molecular complexity index is 102. The van der Waals surface area contributed by atoms with Gasteiger partial charge in [-0.05, 0) is 0 Å². The SMILES string of the molecule is O=S(=O)([O-])[O-].[Cl-].[Fe+2].[Fe+2].[NH4+]. The van der Waals surface area contributed by atoms with Gasteiger partial charge in [0.25, 0.3) is 0 Å². The summed E-state index contributed by atoms with van der Waals surface area (Å²) in [5.74, 6) is 0. The van der Waals surface area contributed by atoms with Gasteiger partial charge in [0.2, 0.25) is 0 Å². The van der Waals surface area contributed by atoms with E-state index in [9.17, 15) is 0 Å². The Kier molecular flexibility index (Phi) is 42.3. The number of quaternary nitrogens is 1. The van der Waals surface area contributed by atoms with Crippen LogP contribution in [0.3, 0.4) is 0 Å². The van der Waals surface area contributed by atoms with Gasteiger partial charge in [0, 0.05) is 10.4 Å². The molecule has 0 aliphatic rings. The summed E-state index contributed by atoms with van der Waals surface area (Å²) < 4.78 is 34.1. The van der Waals surface area contributed by atoms with Crippen LogP contribution in [-0.4, -0.2) is 17.5 Å². The summed E-state index contributed by atoms with van der Waals surface area (Å²) in [6.45, 7) is 0. The van der Waals surface area contributed by atoms with Crippen LogP contribution in [-0.2, 0) is 44.5 Å². The molecule has 0 fully saturated rings. The maximum absolute atomic E-state index is 8.52. The van der Waals surface area contributed by atoms with Gasteiger partial charge in [-0.15, -0.1) is 0 Å². The maximum atomic E-state index is 8.52. The topological polar surface area (TPSA) is 117 Å². The molecular formula is H4ClFe2NO4S+2. The Morgan fingerprint density at radius 2 is 1.00 bits per heavy atom. The van der Waals surface area contributed by atoms with Crippen molar-refractivity contribution in [3.63, 3.8) is 0 Å². The molecule has 5 nitrogen and oxygen atoms in total. The predicted molar refractivity (Wildman–Crippen MR) is 16.5 cm³/mol. The van der Waals surface area contributed by atoms with Crippen LogP contribution in [0.5, 0.6) is 0 Å². The van der Waals surface area contributed by atoms with Gasteiger partial charge in [-0.25, -0.2) is 0 Å². The van der Waals surface area contributed by atoms with E-state index < -0.39 is 10.4 Å². The minimum atomic E-state index is -5.17. The van der Waals surface area contributed by atoms with Gasteiger partial charge in [-0.2, -0.15) is 0 Å². The first-order valence-corrected chi connectivity index (χ1v) is 2.00. The molecule has 4 N–H and O–H groups in total. The smallest absolute Gasteiger partial charge is 1.00 e. The van der Waals surface area contributed by atoms with Crippen molar-refractivity contribution in [2.45, 2.75) is 0 Å². The molecule has 0 radical (unpaired) electrons. The fourth-order valence-electron chi connectivity index (χ4n) is 0. The van der Waals surface area contributed by atoms with Gasteiger partial charge < -0.3 is 27.7 Å². The average Bonchev–Trinajstić information content (AvgIpc) is 0.722. The summed E-state index contributed by atoms with van der Waals surface area (Å²) in [6.07, 6.45) is 0. The Morgan fingerprint density at radius 3 is 1.00 bits per heavy atom. The molecule has 0 atom stereocenters. The van der Waals surface area contributed by atoms with Gasteiger partial charge >= 0.3 is 34.1 Å². The molecule has 0 aliphatic heterocycles. The molecule has 0 saturated carbocycles. The van der Waals surface area contributed by atoms with E-state index in [4.69, 9.17) is 17.5 Å². The first-order valence-electron chi connectivity index (χ1n) is 0.667. The van der Waals surface area contributed by atoms with Crippen LogP contribution >= 0.6 is 0 Å². The molecule has 0 unspecified atom stereocenters. The van der Waals surface area contributed by atoms with Crippen molar-refractivity contribution in [1.29, 1.82) is 0 Å². The summed E-state index contributed by atoms with van der Waals surface area (Å²) >= 11 is 0. The zero-order valence-electron chi connectivity index (χ0n) is 4.13. The third-order valence-corrected chi connectivity index (χ3v) is 0. The summed E-state index contributed by atoms with van der Waals surface area (Å²) in [5, 5.41) is 0. The van der Waals surface area contributed by atoms with Gasteiger partial charge in [0.1, 0.15) is 0 Å². The van der Waals surface area contributed by atoms with Crippen LogP contribution in [0.15, 0.2) is 0 Å². The summed E-state index contributed by atoms with van der Waals surface area (Å²) in [4.78, 5) is 0. The second-order valence-electron chi connectivity index (χ2n) is 0.408. The molecule has 0 spiro atoms. The van der Waals surface area contributed by atoms with Gasteiger partial charge in [-0.1, -0.05) is 0 Å². The molecule has 0 aromatic carbocycles. The number of hydrogen-bond donors (Lipinski definition) is 1. The largest absolute Gasteiger partial charge is 2.00 e. The minimum Gasteiger partial charge on any atom is -1.00 e. The van der Waals surface area contributed by atoms with Crippen LogP contribution < -0.4 is 18.6 Å². The number of hydrogen-bond acceptors (Lipinski definition) is 4. The minimum absolute atomic E-state index is 0. The van der Waals surface area contributed by atoms with Crippen molar-refractivity contribution in [2.24, 2.45) is 0 Å². The first-order chi connectivity index (χ1) is 2.00. The predicted octanol–water partition coefficient (Wildman–Crippen LogP) is -3.96. The van der Waals surface area contributed by atoms with E-state index >= 15 is 0 Å². The standard InChI is InChI=1S/ClH.2Fe.H3N.H2O4S/c;;;;1-5(2,3)4/h1H;;;1H3;(H2,1,2,3,4)/q;2*+2;;/p-2. The Balaban J connectivity index is -0.0000000133. The summed E-state index contributed by atoms with van der Waals surface area (Å²) in [7, 11) is -5.17. The van der Waals surface area contributed by atoms with Crippen LogP contribution in [0.2, 0.25) is 0 Å². The molecule has 60 valence electrons. The van der Waals surface area contributed by atoms with Crippen LogP contribution in [0.1, 0.15) is 0 Å². The van der Waals surface area contributed by atoms with Crippen molar-refractivity contribution in [3.8, 4) is 0 Å². The fraction of sp³-hybridized carbons (Fsp3) is 0. The Morgan fingerprint density at radius 1 is 1.00 bits per heavy atom. The number of rotatable bonds is 0. The third kappa shape index (κ3) is 349. The zero-order valence-corrected chi connectivity index (χ0v) is 7.91. The molecule has 9 heteroatoms. The second-order valence-corrected chi connectivity index (χ2v) is 1.22. The van der Waals surface area contributed by atoms with E-state index in [2.05, 4.69) is 0 Å². The fourth-order valence-corrected chi connectivity index (χ4v) is 0. The third-order valence-electron chi connectivity index (χ3n) is 0. The molecule has 0 rings (SSSR count). The van der Waals surface area contributed by atoms with E-state index in [1.807, 2.05) is 0 Å². The second kappa shape index (κ2) is 11.9. The molecule has 0 heterocycles. The molecule has 0 bridgehead atoms. The molecule has 9 heavy (non-hydrogen) atoms. The quantitative estimate of drug-likeness (QED) is 0.272. The summed E-state index contributed by atoms with van der Waals surface area (Å²) in [5.41, 5.74) is 0. The number of halogens is 1. The van der Waals surface area contributed by atoms with Crippen molar-refractivity contribution >= 4 is 10.4 Å². The molecular weight excluding hydrogens is 257 g/mol. The van der Waals surface area contributed by atoms with E-state index in [1.165, 1.54) is 0 Å². The maximum Gasteiger partial charge on any atom is 2.00 e. The zero-order chi connectivity index (χ0) is 4.50. The van der Waals surface area contributed by atoms with Crippen molar-refractivity contribution in [1.82, 2.24) is 6.15 Å². The molecule has 0 aliphatic carbocycles. The van der Waals surface area contributed by atoms with E-state index in [0.717, 1.165) is 0 Å². The molecule has 0 amide bonds. The normalized spacial score (nSPS) is 6.44. The van der Waals surface area contributed by atoms with Crippen LogP contribution in [0, 0.1) is 0 Å². The Hall–Kier alpha value is 1.16. The van der Waals surface area contributed by atoms with Crippen molar-refractivity contribution < 1.29 is 64.1 Å². The molecule has 0 saturated heterocycles. The van der Waals surface area contributed by atoms with Gasteiger partial charge in [0.05, 0.1) is 0 Å².